The number of rotatable bonds is 7. The van der Waals surface area contributed by atoms with Crippen molar-refractivity contribution in [3.63, 3.8) is 0 Å². The van der Waals surface area contributed by atoms with Crippen LogP contribution < -0.4 is 10.6 Å². The second kappa shape index (κ2) is 6.78. The molecule has 20 heavy (non-hydrogen) atoms. The Hall–Kier alpha value is -1.50. The molecule has 0 unspecified atom stereocenters. The van der Waals surface area contributed by atoms with Crippen molar-refractivity contribution in [2.24, 2.45) is 5.92 Å². The number of hydrogen-bond donors (Lipinski definition) is 2. The van der Waals surface area contributed by atoms with Crippen molar-refractivity contribution >= 4 is 29.4 Å². The average molecular weight is 297 g/mol. The minimum Gasteiger partial charge on any atom is -0.360 e. The van der Waals surface area contributed by atoms with E-state index in [1.54, 1.807) is 13.0 Å². The largest absolute Gasteiger partial charge is 0.360 e. The van der Waals surface area contributed by atoms with Crippen molar-refractivity contribution in [2.45, 2.75) is 32.7 Å². The molecule has 1 aliphatic carbocycles. The summed E-state index contributed by atoms with van der Waals surface area (Å²) in [4.78, 5) is 23.2. The van der Waals surface area contributed by atoms with E-state index in [4.69, 9.17) is 4.52 Å². The van der Waals surface area contributed by atoms with E-state index in [9.17, 15) is 9.59 Å². The molecule has 1 saturated carbocycles. The van der Waals surface area contributed by atoms with Gasteiger partial charge in [0.05, 0.1) is 11.5 Å². The number of aromatic nitrogens is 1. The van der Waals surface area contributed by atoms with Crippen LogP contribution in [0.25, 0.3) is 0 Å². The SMILES string of the molecule is Cc1cc(NC(=O)CSCC(=O)N[C@H](C)C2CC2)no1. The molecule has 0 bridgehead atoms. The van der Waals surface area contributed by atoms with Crippen molar-refractivity contribution in [3.8, 4) is 0 Å². The highest BCUT2D eigenvalue weighted by atomic mass is 32.2. The first kappa shape index (κ1) is 14.9. The maximum absolute atomic E-state index is 11.6. The number of aryl methyl sites for hydroxylation is 1. The molecule has 0 radical (unpaired) electrons. The Labute approximate surface area is 122 Å². The molecule has 0 spiro atoms. The predicted molar refractivity (Wildman–Crippen MR) is 77.5 cm³/mol. The number of carbonyl (C=O) groups excluding carboxylic acids is 2. The van der Waals surface area contributed by atoms with Gasteiger partial charge in [-0.2, -0.15) is 0 Å². The minimum atomic E-state index is -0.189. The van der Waals surface area contributed by atoms with Gasteiger partial charge in [0.1, 0.15) is 5.76 Å². The van der Waals surface area contributed by atoms with Gasteiger partial charge in [0.15, 0.2) is 5.82 Å². The highest BCUT2D eigenvalue weighted by Gasteiger charge is 2.28. The van der Waals surface area contributed by atoms with Gasteiger partial charge in [-0.05, 0) is 32.6 Å². The molecule has 2 N–H and O–H groups in total. The lowest BCUT2D eigenvalue weighted by Crippen LogP contribution is -2.35. The molecule has 1 heterocycles. The summed E-state index contributed by atoms with van der Waals surface area (Å²) in [6, 6.07) is 1.89. The molecule has 0 aliphatic heterocycles. The number of thioether (sulfide) groups is 1. The van der Waals surface area contributed by atoms with Gasteiger partial charge in [-0.1, -0.05) is 5.16 Å². The molecule has 2 rings (SSSR count). The van der Waals surface area contributed by atoms with Crippen LogP contribution in [-0.2, 0) is 9.59 Å². The fourth-order valence-electron chi connectivity index (χ4n) is 1.85. The maximum atomic E-state index is 11.6. The zero-order valence-corrected chi connectivity index (χ0v) is 12.5. The van der Waals surface area contributed by atoms with Crippen LogP contribution in [0, 0.1) is 12.8 Å². The Morgan fingerprint density at radius 2 is 2.15 bits per heavy atom. The summed E-state index contributed by atoms with van der Waals surface area (Å²) in [7, 11) is 0. The number of hydrogen-bond acceptors (Lipinski definition) is 5. The summed E-state index contributed by atoms with van der Waals surface area (Å²) in [5.41, 5.74) is 0. The van der Waals surface area contributed by atoms with Gasteiger partial charge < -0.3 is 15.2 Å². The van der Waals surface area contributed by atoms with Gasteiger partial charge in [-0.25, -0.2) is 0 Å². The number of amides is 2. The molecule has 7 heteroatoms. The minimum absolute atomic E-state index is 0.0144. The number of nitrogens with zero attached hydrogens (tertiary/aromatic N) is 1. The van der Waals surface area contributed by atoms with Gasteiger partial charge in [-0.3, -0.25) is 9.59 Å². The van der Waals surface area contributed by atoms with E-state index in [0.29, 0.717) is 23.2 Å². The van der Waals surface area contributed by atoms with Crippen LogP contribution in [-0.4, -0.2) is 34.5 Å². The third-order valence-corrected chi connectivity index (χ3v) is 4.01. The fourth-order valence-corrected chi connectivity index (χ4v) is 2.48. The Morgan fingerprint density at radius 1 is 1.45 bits per heavy atom. The first-order valence-corrected chi connectivity index (χ1v) is 7.80. The van der Waals surface area contributed by atoms with Crippen LogP contribution in [0.5, 0.6) is 0 Å². The monoisotopic (exact) mass is 297 g/mol. The molecule has 1 aliphatic rings. The van der Waals surface area contributed by atoms with Crippen molar-refractivity contribution in [1.29, 1.82) is 0 Å². The Balaban J connectivity index is 1.59. The molecule has 1 aromatic heterocycles. The zero-order chi connectivity index (χ0) is 14.5. The molecule has 1 fully saturated rings. The summed E-state index contributed by atoms with van der Waals surface area (Å²) < 4.78 is 4.84. The maximum Gasteiger partial charge on any atom is 0.235 e. The molecule has 1 aromatic rings. The van der Waals surface area contributed by atoms with E-state index in [1.807, 2.05) is 6.92 Å². The Bertz CT molecular complexity index is 485. The smallest absolute Gasteiger partial charge is 0.235 e. The lowest BCUT2D eigenvalue weighted by atomic mass is 10.2. The Morgan fingerprint density at radius 3 is 2.75 bits per heavy atom. The normalized spacial score (nSPS) is 15.7. The molecule has 0 aromatic carbocycles. The molecule has 110 valence electrons. The van der Waals surface area contributed by atoms with Crippen LogP contribution in [0.4, 0.5) is 5.82 Å². The van der Waals surface area contributed by atoms with E-state index in [-0.39, 0.29) is 23.6 Å². The quantitative estimate of drug-likeness (QED) is 0.798. The molecule has 0 saturated heterocycles. The van der Waals surface area contributed by atoms with Gasteiger partial charge in [0.2, 0.25) is 11.8 Å². The summed E-state index contributed by atoms with van der Waals surface area (Å²) in [5, 5.41) is 9.23. The van der Waals surface area contributed by atoms with Crippen LogP contribution in [0.1, 0.15) is 25.5 Å². The first-order chi connectivity index (χ1) is 9.54. The number of anilines is 1. The second-order valence-electron chi connectivity index (χ2n) is 5.06. The van der Waals surface area contributed by atoms with Gasteiger partial charge in [0.25, 0.3) is 0 Å². The van der Waals surface area contributed by atoms with E-state index < -0.39 is 0 Å². The lowest BCUT2D eigenvalue weighted by Gasteiger charge is -2.12. The van der Waals surface area contributed by atoms with E-state index >= 15 is 0 Å². The van der Waals surface area contributed by atoms with Crippen molar-refractivity contribution in [2.75, 3.05) is 16.8 Å². The Kier molecular flexibility index (Phi) is 5.05. The molecule has 2 amide bonds. The summed E-state index contributed by atoms with van der Waals surface area (Å²) in [5.74, 6) is 1.99. The number of carbonyl (C=O) groups is 2. The predicted octanol–water partition coefficient (Wildman–Crippen LogP) is 1.57. The van der Waals surface area contributed by atoms with Crippen molar-refractivity contribution < 1.29 is 14.1 Å². The first-order valence-electron chi connectivity index (χ1n) is 6.65. The molecule has 6 nitrogen and oxygen atoms in total. The zero-order valence-electron chi connectivity index (χ0n) is 11.6. The van der Waals surface area contributed by atoms with E-state index in [2.05, 4.69) is 15.8 Å². The molecule has 1 atom stereocenters. The lowest BCUT2D eigenvalue weighted by molar-refractivity contribution is -0.119. The van der Waals surface area contributed by atoms with Crippen LogP contribution in [0.15, 0.2) is 10.6 Å². The third kappa shape index (κ3) is 4.88. The third-order valence-electron chi connectivity index (χ3n) is 3.08. The molecular formula is C13H19N3O3S. The van der Waals surface area contributed by atoms with Crippen LogP contribution in [0.2, 0.25) is 0 Å². The highest BCUT2D eigenvalue weighted by molar-refractivity contribution is 8.00. The summed E-state index contributed by atoms with van der Waals surface area (Å²) in [6.07, 6.45) is 2.40. The van der Waals surface area contributed by atoms with Crippen LogP contribution >= 0.6 is 11.8 Å². The number of nitrogens with one attached hydrogen (secondary N) is 2. The van der Waals surface area contributed by atoms with Gasteiger partial charge >= 0.3 is 0 Å². The summed E-state index contributed by atoms with van der Waals surface area (Å²) >= 11 is 1.29. The highest BCUT2D eigenvalue weighted by Crippen LogP contribution is 2.32. The standard InChI is InChI=1S/C13H19N3O3S/c1-8-5-11(16-19-8)15-13(18)7-20-6-12(17)14-9(2)10-3-4-10/h5,9-10H,3-4,6-7H2,1-2H3,(H,14,17)(H,15,16,18)/t9-/m1/s1. The topological polar surface area (TPSA) is 84.2 Å². The second-order valence-corrected chi connectivity index (χ2v) is 6.04. The van der Waals surface area contributed by atoms with E-state index in [0.717, 1.165) is 0 Å². The van der Waals surface area contributed by atoms with Gasteiger partial charge in [-0.15, -0.1) is 11.8 Å². The van der Waals surface area contributed by atoms with Gasteiger partial charge in [0, 0.05) is 12.1 Å². The average Bonchev–Trinajstić information content (AvgIpc) is 3.14. The van der Waals surface area contributed by atoms with Crippen molar-refractivity contribution in [1.82, 2.24) is 10.5 Å². The summed E-state index contributed by atoms with van der Waals surface area (Å²) in [6.45, 7) is 3.78. The van der Waals surface area contributed by atoms with Crippen molar-refractivity contribution in [3.05, 3.63) is 11.8 Å². The van der Waals surface area contributed by atoms with E-state index in [1.165, 1.54) is 24.6 Å². The van der Waals surface area contributed by atoms with Crippen LogP contribution in [0.3, 0.4) is 0 Å². The molecular weight excluding hydrogens is 278 g/mol. The fraction of sp³-hybridized carbons (Fsp3) is 0.615.